The summed E-state index contributed by atoms with van der Waals surface area (Å²) in [6, 6.07) is 24.0. The highest BCUT2D eigenvalue weighted by molar-refractivity contribution is 6.31. The molecule has 0 heterocycles. The average molecular weight is 511 g/mol. The first-order valence-corrected chi connectivity index (χ1v) is 12.5. The standard InChI is InChI=1S/C29H32Cl2N2O2/c1-29(2,3)32-28(35)26(19-21-9-5-4-6-10-21)33(20-22-13-16-24(30)17-14-22)27(34)18-15-23-11-7-8-12-25(23)31/h4-14,16-17,26H,15,18-20H2,1-3H3,(H,32,35). The van der Waals surface area contributed by atoms with Crippen LogP contribution in [0.3, 0.4) is 0 Å². The molecule has 3 aromatic rings. The van der Waals surface area contributed by atoms with Crippen LogP contribution in [0, 0.1) is 0 Å². The van der Waals surface area contributed by atoms with Crippen molar-refractivity contribution in [1.82, 2.24) is 10.2 Å². The fourth-order valence-corrected chi connectivity index (χ4v) is 4.24. The third kappa shape index (κ3) is 8.41. The summed E-state index contributed by atoms with van der Waals surface area (Å²) < 4.78 is 0. The van der Waals surface area contributed by atoms with Crippen LogP contribution in [-0.4, -0.2) is 28.3 Å². The number of nitrogens with zero attached hydrogens (tertiary/aromatic N) is 1. The van der Waals surface area contributed by atoms with Gasteiger partial charge in [-0.3, -0.25) is 9.59 Å². The minimum absolute atomic E-state index is 0.107. The number of halogens is 2. The third-order valence-electron chi connectivity index (χ3n) is 5.60. The predicted molar refractivity (Wildman–Crippen MR) is 144 cm³/mol. The Kier molecular flexibility index (Phi) is 9.36. The number of carbonyl (C=O) groups excluding carboxylic acids is 2. The lowest BCUT2D eigenvalue weighted by molar-refractivity contribution is -0.141. The molecule has 184 valence electrons. The number of nitrogens with one attached hydrogen (secondary N) is 1. The maximum absolute atomic E-state index is 13.7. The van der Waals surface area contributed by atoms with Gasteiger partial charge in [0.1, 0.15) is 6.04 Å². The smallest absolute Gasteiger partial charge is 0.243 e. The van der Waals surface area contributed by atoms with E-state index in [1.807, 2.05) is 87.5 Å². The van der Waals surface area contributed by atoms with E-state index < -0.39 is 11.6 Å². The van der Waals surface area contributed by atoms with E-state index >= 15 is 0 Å². The maximum Gasteiger partial charge on any atom is 0.243 e. The molecule has 1 atom stereocenters. The highest BCUT2D eigenvalue weighted by Gasteiger charge is 2.32. The molecule has 0 fully saturated rings. The van der Waals surface area contributed by atoms with Crippen LogP contribution in [0.1, 0.15) is 43.9 Å². The summed E-state index contributed by atoms with van der Waals surface area (Å²) in [6.45, 7) is 6.11. The van der Waals surface area contributed by atoms with E-state index in [9.17, 15) is 9.59 Å². The first-order chi connectivity index (χ1) is 16.6. The van der Waals surface area contributed by atoms with Crippen molar-refractivity contribution in [3.8, 4) is 0 Å². The van der Waals surface area contributed by atoms with Crippen molar-refractivity contribution >= 4 is 35.0 Å². The summed E-state index contributed by atoms with van der Waals surface area (Å²) in [5.74, 6) is -0.286. The fraction of sp³-hybridized carbons (Fsp3) is 0.310. The van der Waals surface area contributed by atoms with E-state index in [1.54, 1.807) is 17.0 Å². The fourth-order valence-electron chi connectivity index (χ4n) is 3.88. The van der Waals surface area contributed by atoms with Gasteiger partial charge in [0.05, 0.1) is 0 Å². The molecule has 4 nitrogen and oxygen atoms in total. The van der Waals surface area contributed by atoms with E-state index in [-0.39, 0.29) is 18.2 Å². The van der Waals surface area contributed by atoms with E-state index in [0.29, 0.717) is 29.4 Å². The van der Waals surface area contributed by atoms with Gasteiger partial charge in [0.25, 0.3) is 0 Å². The number of aryl methyl sites for hydroxylation is 1. The number of hydrogen-bond acceptors (Lipinski definition) is 2. The maximum atomic E-state index is 13.7. The molecule has 35 heavy (non-hydrogen) atoms. The molecular weight excluding hydrogens is 479 g/mol. The minimum Gasteiger partial charge on any atom is -0.350 e. The number of hydrogen-bond donors (Lipinski definition) is 1. The van der Waals surface area contributed by atoms with Gasteiger partial charge in [-0.15, -0.1) is 0 Å². The molecule has 0 radical (unpaired) electrons. The van der Waals surface area contributed by atoms with Gasteiger partial charge in [0.15, 0.2) is 0 Å². The number of carbonyl (C=O) groups is 2. The lowest BCUT2D eigenvalue weighted by atomic mass is 10.00. The van der Waals surface area contributed by atoms with Gasteiger partial charge in [0, 0.05) is 35.0 Å². The van der Waals surface area contributed by atoms with Crippen LogP contribution in [0.25, 0.3) is 0 Å². The molecule has 0 saturated carbocycles. The van der Waals surface area contributed by atoms with Gasteiger partial charge in [-0.2, -0.15) is 0 Å². The molecule has 3 rings (SSSR count). The Morgan fingerprint density at radius 3 is 2.11 bits per heavy atom. The minimum atomic E-state index is -0.675. The van der Waals surface area contributed by atoms with Gasteiger partial charge in [-0.25, -0.2) is 0 Å². The molecule has 0 spiro atoms. The van der Waals surface area contributed by atoms with E-state index in [2.05, 4.69) is 5.32 Å². The van der Waals surface area contributed by atoms with Crippen LogP contribution in [0.4, 0.5) is 0 Å². The molecule has 0 bridgehead atoms. The number of amides is 2. The number of rotatable bonds is 9. The molecule has 3 aromatic carbocycles. The quantitative estimate of drug-likeness (QED) is 0.358. The lowest BCUT2D eigenvalue weighted by Crippen LogP contribution is -2.54. The van der Waals surface area contributed by atoms with E-state index in [0.717, 1.165) is 16.7 Å². The van der Waals surface area contributed by atoms with Crippen molar-refractivity contribution in [1.29, 1.82) is 0 Å². The van der Waals surface area contributed by atoms with Gasteiger partial charge >= 0.3 is 0 Å². The molecule has 1 N–H and O–H groups in total. The van der Waals surface area contributed by atoms with Crippen LogP contribution in [-0.2, 0) is 29.0 Å². The van der Waals surface area contributed by atoms with Gasteiger partial charge in [-0.1, -0.05) is 83.9 Å². The molecule has 1 unspecified atom stereocenters. The Morgan fingerprint density at radius 2 is 1.49 bits per heavy atom. The topological polar surface area (TPSA) is 49.4 Å². The molecule has 6 heteroatoms. The Bertz CT molecular complexity index is 1130. The van der Waals surface area contributed by atoms with Crippen molar-refractivity contribution < 1.29 is 9.59 Å². The van der Waals surface area contributed by atoms with Crippen molar-refractivity contribution in [2.45, 2.75) is 58.2 Å². The molecular formula is C29H32Cl2N2O2. The monoisotopic (exact) mass is 510 g/mol. The summed E-state index contributed by atoms with van der Waals surface area (Å²) in [5.41, 5.74) is 2.37. The Balaban J connectivity index is 1.93. The van der Waals surface area contributed by atoms with Crippen molar-refractivity contribution in [3.63, 3.8) is 0 Å². The molecule has 0 aromatic heterocycles. The molecule has 0 aliphatic carbocycles. The van der Waals surface area contributed by atoms with Crippen LogP contribution in [0.5, 0.6) is 0 Å². The first kappa shape index (κ1) is 26.8. The van der Waals surface area contributed by atoms with Gasteiger partial charge < -0.3 is 10.2 Å². The second-order valence-electron chi connectivity index (χ2n) is 9.68. The molecule has 0 saturated heterocycles. The Morgan fingerprint density at radius 1 is 0.857 bits per heavy atom. The summed E-state index contributed by atoms with van der Waals surface area (Å²) in [4.78, 5) is 28.9. The molecule has 2 amide bonds. The highest BCUT2D eigenvalue weighted by atomic mass is 35.5. The van der Waals surface area contributed by atoms with Crippen molar-refractivity contribution in [3.05, 3.63) is 106 Å². The SMILES string of the molecule is CC(C)(C)NC(=O)C(Cc1ccccc1)N(Cc1ccc(Cl)cc1)C(=O)CCc1ccccc1Cl. The normalized spacial score (nSPS) is 12.1. The van der Waals surface area contributed by atoms with Crippen LogP contribution in [0.2, 0.25) is 10.0 Å². The molecule has 0 aliphatic rings. The number of benzene rings is 3. The van der Waals surface area contributed by atoms with Crippen LogP contribution in [0.15, 0.2) is 78.9 Å². The first-order valence-electron chi connectivity index (χ1n) is 11.8. The largest absolute Gasteiger partial charge is 0.350 e. The summed E-state index contributed by atoms with van der Waals surface area (Å²) in [5, 5.41) is 4.33. The van der Waals surface area contributed by atoms with Crippen molar-refractivity contribution in [2.24, 2.45) is 0 Å². The zero-order valence-electron chi connectivity index (χ0n) is 20.4. The third-order valence-corrected chi connectivity index (χ3v) is 6.22. The second kappa shape index (κ2) is 12.2. The van der Waals surface area contributed by atoms with E-state index in [4.69, 9.17) is 23.2 Å². The van der Waals surface area contributed by atoms with E-state index in [1.165, 1.54) is 0 Å². The second-order valence-corrected chi connectivity index (χ2v) is 10.5. The molecule has 0 aliphatic heterocycles. The van der Waals surface area contributed by atoms with Gasteiger partial charge in [0.2, 0.25) is 11.8 Å². The Hall–Kier alpha value is -2.82. The zero-order valence-corrected chi connectivity index (χ0v) is 21.9. The predicted octanol–water partition coefficient (Wildman–Crippen LogP) is 6.48. The van der Waals surface area contributed by atoms with Crippen LogP contribution < -0.4 is 5.32 Å². The summed E-state index contributed by atoms with van der Waals surface area (Å²) in [6.07, 6.45) is 1.15. The van der Waals surface area contributed by atoms with Crippen LogP contribution >= 0.6 is 23.2 Å². The van der Waals surface area contributed by atoms with Crippen molar-refractivity contribution in [2.75, 3.05) is 0 Å². The lowest BCUT2D eigenvalue weighted by Gasteiger charge is -2.34. The summed E-state index contributed by atoms with van der Waals surface area (Å²) >= 11 is 12.4. The van der Waals surface area contributed by atoms with Gasteiger partial charge in [-0.05, 0) is 62.1 Å². The Labute approximate surface area is 218 Å². The average Bonchev–Trinajstić information content (AvgIpc) is 2.81. The highest BCUT2D eigenvalue weighted by Crippen LogP contribution is 2.21. The zero-order chi connectivity index (χ0) is 25.4. The summed E-state index contributed by atoms with van der Waals surface area (Å²) in [7, 11) is 0.